The highest BCUT2D eigenvalue weighted by Gasteiger charge is 2.36. The Labute approximate surface area is 138 Å². The summed E-state index contributed by atoms with van der Waals surface area (Å²) in [4.78, 5) is 35.9. The van der Waals surface area contributed by atoms with Crippen molar-refractivity contribution in [2.75, 3.05) is 33.2 Å². The van der Waals surface area contributed by atoms with Gasteiger partial charge in [-0.3, -0.25) is 19.3 Å². The van der Waals surface area contributed by atoms with E-state index in [1.54, 1.807) is 6.08 Å². The average molecular weight is 327 g/mol. The number of nitrogens with zero attached hydrogens (tertiary/aromatic N) is 2. The third-order valence-corrected chi connectivity index (χ3v) is 3.44. The molecule has 0 aromatic rings. The van der Waals surface area contributed by atoms with Crippen LogP contribution in [0.2, 0.25) is 0 Å². The first kappa shape index (κ1) is 21.1. The largest absolute Gasteiger partial charge is 0.483 e. The van der Waals surface area contributed by atoms with Crippen LogP contribution in [-0.4, -0.2) is 72.0 Å². The number of carbonyl (C=O) groups is 3. The van der Waals surface area contributed by atoms with Crippen molar-refractivity contribution < 1.29 is 19.5 Å². The number of hydrogen-bond donors (Lipinski definition) is 2. The van der Waals surface area contributed by atoms with Crippen molar-refractivity contribution in [3.8, 4) is 0 Å². The van der Waals surface area contributed by atoms with E-state index in [1.807, 2.05) is 16.8 Å². The van der Waals surface area contributed by atoms with Crippen LogP contribution in [0.4, 0.5) is 0 Å². The molecule has 1 fully saturated rings. The van der Waals surface area contributed by atoms with Crippen LogP contribution in [-0.2, 0) is 14.4 Å². The zero-order chi connectivity index (χ0) is 18.0. The molecule has 0 bridgehead atoms. The van der Waals surface area contributed by atoms with Crippen LogP contribution in [0.1, 0.15) is 27.2 Å². The van der Waals surface area contributed by atoms with Crippen molar-refractivity contribution in [3.63, 3.8) is 0 Å². The van der Waals surface area contributed by atoms with Gasteiger partial charge in [0.1, 0.15) is 0 Å². The van der Waals surface area contributed by atoms with Gasteiger partial charge >= 0.3 is 0 Å². The summed E-state index contributed by atoms with van der Waals surface area (Å²) in [5, 5.41) is 9.64. The molecule has 132 valence electrons. The van der Waals surface area contributed by atoms with Crippen LogP contribution < -0.4 is 5.32 Å². The van der Waals surface area contributed by atoms with Gasteiger partial charge in [0.15, 0.2) is 0 Å². The number of nitrogens with one attached hydrogen (secondary N) is 1. The van der Waals surface area contributed by atoms with Gasteiger partial charge in [-0.25, -0.2) is 0 Å². The summed E-state index contributed by atoms with van der Waals surface area (Å²) < 4.78 is 0. The van der Waals surface area contributed by atoms with Crippen LogP contribution >= 0.6 is 0 Å². The van der Waals surface area contributed by atoms with Crippen LogP contribution in [0.3, 0.4) is 0 Å². The first-order chi connectivity index (χ1) is 10.6. The van der Waals surface area contributed by atoms with Gasteiger partial charge in [0.2, 0.25) is 11.8 Å². The molecule has 0 saturated carbocycles. The van der Waals surface area contributed by atoms with Crippen molar-refractivity contribution in [2.45, 2.75) is 32.7 Å². The van der Waals surface area contributed by atoms with Gasteiger partial charge in [-0.2, -0.15) is 0 Å². The topological polar surface area (TPSA) is 90.0 Å². The van der Waals surface area contributed by atoms with Crippen molar-refractivity contribution in [1.82, 2.24) is 15.1 Å². The maximum absolute atomic E-state index is 12.0. The fourth-order valence-electron chi connectivity index (χ4n) is 2.54. The molecule has 0 aromatic heterocycles. The molecule has 7 heteroatoms. The molecular formula is C16H29N3O4. The normalized spacial score (nSPS) is 17.5. The Bertz CT molecular complexity index is 418. The zero-order valence-corrected chi connectivity index (χ0v) is 14.5. The number of hydrogen-bond acceptors (Lipinski definition) is 4. The smallest absolute Gasteiger partial charge is 0.290 e. The SMILES string of the molecule is C=CCNC(=O)CN(C)CC1CC(=O)N(C(C)(C)C)C1.O=CO. The lowest BCUT2D eigenvalue weighted by Gasteiger charge is -2.32. The maximum Gasteiger partial charge on any atom is 0.290 e. The van der Waals surface area contributed by atoms with E-state index in [1.165, 1.54) is 0 Å². The minimum atomic E-state index is -0.250. The van der Waals surface area contributed by atoms with E-state index in [0.717, 1.165) is 13.1 Å². The monoisotopic (exact) mass is 327 g/mol. The quantitative estimate of drug-likeness (QED) is 0.550. The minimum absolute atomic E-state index is 0.00981. The van der Waals surface area contributed by atoms with Crippen LogP contribution in [0.5, 0.6) is 0 Å². The summed E-state index contributed by atoms with van der Waals surface area (Å²) in [5.74, 6) is 0.510. The molecular weight excluding hydrogens is 298 g/mol. The lowest BCUT2D eigenvalue weighted by molar-refractivity contribution is -0.131. The van der Waals surface area contributed by atoms with Crippen molar-refractivity contribution in [2.24, 2.45) is 5.92 Å². The Morgan fingerprint density at radius 2 is 2.09 bits per heavy atom. The standard InChI is InChI=1S/C15H27N3O2.CH2O2/c1-6-7-16-13(19)11-17(5)9-12-8-14(20)18(10-12)15(2,3)4;2-1-3/h6,12H,1,7-11H2,2-5H3,(H,16,19);1H,(H,2,3). The number of carbonyl (C=O) groups excluding carboxylic acids is 2. The molecule has 1 rings (SSSR count). The van der Waals surface area contributed by atoms with Crippen LogP contribution in [0.15, 0.2) is 12.7 Å². The Kier molecular flexibility index (Phi) is 9.17. The second-order valence-electron chi connectivity index (χ2n) is 6.64. The first-order valence-corrected chi connectivity index (χ1v) is 7.60. The highest BCUT2D eigenvalue weighted by atomic mass is 16.3. The van der Waals surface area contributed by atoms with E-state index in [0.29, 0.717) is 25.4 Å². The van der Waals surface area contributed by atoms with Gasteiger partial charge in [-0.05, 0) is 33.7 Å². The van der Waals surface area contributed by atoms with E-state index in [-0.39, 0.29) is 23.8 Å². The molecule has 2 amide bonds. The van der Waals surface area contributed by atoms with Crippen molar-refractivity contribution in [1.29, 1.82) is 0 Å². The van der Waals surface area contributed by atoms with Gasteiger partial charge < -0.3 is 15.3 Å². The number of carboxylic acid groups (broad SMARTS) is 1. The summed E-state index contributed by atoms with van der Waals surface area (Å²) in [6.07, 6.45) is 2.24. The molecule has 2 N–H and O–H groups in total. The third kappa shape index (κ3) is 8.35. The fourth-order valence-corrected chi connectivity index (χ4v) is 2.54. The highest BCUT2D eigenvalue weighted by Crippen LogP contribution is 2.25. The summed E-state index contributed by atoms with van der Waals surface area (Å²) in [5.41, 5.74) is -0.119. The highest BCUT2D eigenvalue weighted by molar-refractivity contribution is 5.79. The lowest BCUT2D eigenvalue weighted by atomic mass is 10.1. The molecule has 1 atom stereocenters. The minimum Gasteiger partial charge on any atom is -0.483 e. The second-order valence-corrected chi connectivity index (χ2v) is 6.64. The lowest BCUT2D eigenvalue weighted by Crippen LogP contribution is -2.43. The molecule has 0 aromatic carbocycles. The molecule has 1 unspecified atom stereocenters. The number of rotatable bonds is 6. The summed E-state index contributed by atoms with van der Waals surface area (Å²) in [6.45, 7) is 11.9. The van der Waals surface area contributed by atoms with E-state index < -0.39 is 0 Å². The maximum atomic E-state index is 12.0. The van der Waals surface area contributed by atoms with Crippen molar-refractivity contribution in [3.05, 3.63) is 12.7 Å². The molecule has 1 aliphatic heterocycles. The zero-order valence-electron chi connectivity index (χ0n) is 14.5. The average Bonchev–Trinajstić information content (AvgIpc) is 2.77. The predicted molar refractivity (Wildman–Crippen MR) is 89.0 cm³/mol. The van der Waals surface area contributed by atoms with Gasteiger partial charge in [0.25, 0.3) is 6.47 Å². The molecule has 1 heterocycles. The van der Waals surface area contributed by atoms with Gasteiger partial charge in [-0.1, -0.05) is 6.08 Å². The van der Waals surface area contributed by atoms with Gasteiger partial charge in [0.05, 0.1) is 6.54 Å². The van der Waals surface area contributed by atoms with Crippen LogP contribution in [0, 0.1) is 5.92 Å². The molecule has 0 aliphatic carbocycles. The number of amides is 2. The fraction of sp³-hybridized carbons (Fsp3) is 0.688. The molecule has 0 spiro atoms. The number of likely N-dealkylation sites (tertiary alicyclic amines) is 1. The number of likely N-dealkylation sites (N-methyl/N-ethyl adjacent to an activating group) is 1. The van der Waals surface area contributed by atoms with E-state index in [4.69, 9.17) is 9.90 Å². The molecule has 23 heavy (non-hydrogen) atoms. The van der Waals surface area contributed by atoms with Gasteiger partial charge in [0, 0.05) is 31.6 Å². The van der Waals surface area contributed by atoms with E-state index in [9.17, 15) is 9.59 Å². The Morgan fingerprint density at radius 1 is 1.52 bits per heavy atom. The molecule has 1 aliphatic rings. The molecule has 0 radical (unpaired) electrons. The van der Waals surface area contributed by atoms with Crippen LogP contribution in [0.25, 0.3) is 0 Å². The third-order valence-electron chi connectivity index (χ3n) is 3.44. The second kappa shape index (κ2) is 9.99. The first-order valence-electron chi connectivity index (χ1n) is 7.60. The molecule has 7 nitrogen and oxygen atoms in total. The Balaban J connectivity index is 0.00000149. The van der Waals surface area contributed by atoms with E-state index in [2.05, 4.69) is 32.7 Å². The summed E-state index contributed by atoms with van der Waals surface area (Å²) in [6, 6.07) is 0. The van der Waals surface area contributed by atoms with Gasteiger partial charge in [-0.15, -0.1) is 6.58 Å². The summed E-state index contributed by atoms with van der Waals surface area (Å²) in [7, 11) is 1.91. The predicted octanol–water partition coefficient (Wildman–Crippen LogP) is 0.568. The Morgan fingerprint density at radius 3 is 2.52 bits per heavy atom. The molecule has 1 saturated heterocycles. The van der Waals surface area contributed by atoms with Crippen molar-refractivity contribution >= 4 is 18.3 Å². The Hall–Kier alpha value is -1.89. The summed E-state index contributed by atoms with van der Waals surface area (Å²) >= 11 is 0. The van der Waals surface area contributed by atoms with E-state index >= 15 is 0 Å².